The van der Waals surface area contributed by atoms with Crippen molar-refractivity contribution in [3.05, 3.63) is 30.3 Å². The summed E-state index contributed by atoms with van der Waals surface area (Å²) in [6, 6.07) is 10.4. The molecule has 3 heterocycles. The molecule has 0 amide bonds. The lowest BCUT2D eigenvalue weighted by Gasteiger charge is -2.31. The SMILES string of the molecule is CC1CN(c2nnc(-c3ccccc3)n2CC2CCCO2)CCS1. The van der Waals surface area contributed by atoms with Crippen LogP contribution in [0.5, 0.6) is 0 Å². The summed E-state index contributed by atoms with van der Waals surface area (Å²) in [5, 5.41) is 9.74. The Morgan fingerprint density at radius 2 is 2.12 bits per heavy atom. The molecule has 1 aromatic carbocycles. The molecular formula is C18H24N4OS. The normalized spacial score (nSPS) is 24.5. The fourth-order valence-electron chi connectivity index (χ4n) is 3.49. The quantitative estimate of drug-likeness (QED) is 0.853. The van der Waals surface area contributed by atoms with Gasteiger partial charge in [0.15, 0.2) is 5.82 Å². The second kappa shape index (κ2) is 7.15. The smallest absolute Gasteiger partial charge is 0.227 e. The Hall–Kier alpha value is -1.53. The highest BCUT2D eigenvalue weighted by molar-refractivity contribution is 8.00. The van der Waals surface area contributed by atoms with Crippen molar-refractivity contribution in [2.45, 2.75) is 37.7 Å². The van der Waals surface area contributed by atoms with Gasteiger partial charge in [-0.1, -0.05) is 37.3 Å². The summed E-state index contributed by atoms with van der Waals surface area (Å²) in [5.41, 5.74) is 1.12. The number of aromatic nitrogens is 3. The molecule has 2 aromatic rings. The van der Waals surface area contributed by atoms with E-state index in [1.54, 1.807) is 0 Å². The molecule has 0 bridgehead atoms. The monoisotopic (exact) mass is 344 g/mol. The van der Waals surface area contributed by atoms with E-state index in [0.717, 1.165) is 62.2 Å². The minimum Gasteiger partial charge on any atom is -0.376 e. The van der Waals surface area contributed by atoms with E-state index in [2.05, 4.69) is 50.9 Å². The minimum absolute atomic E-state index is 0.277. The van der Waals surface area contributed by atoms with Crippen molar-refractivity contribution in [2.24, 2.45) is 0 Å². The van der Waals surface area contributed by atoms with Crippen LogP contribution in [-0.2, 0) is 11.3 Å². The van der Waals surface area contributed by atoms with E-state index in [0.29, 0.717) is 5.25 Å². The van der Waals surface area contributed by atoms with Crippen LogP contribution in [-0.4, -0.2) is 51.6 Å². The second-order valence-electron chi connectivity index (χ2n) is 6.56. The molecule has 2 atom stereocenters. The van der Waals surface area contributed by atoms with Gasteiger partial charge in [-0.25, -0.2) is 0 Å². The van der Waals surface area contributed by atoms with E-state index < -0.39 is 0 Å². The third kappa shape index (κ3) is 3.30. The zero-order chi connectivity index (χ0) is 16.4. The third-order valence-corrected chi connectivity index (χ3v) is 5.83. The molecule has 0 spiro atoms. The molecule has 5 nitrogen and oxygen atoms in total. The lowest BCUT2D eigenvalue weighted by molar-refractivity contribution is 0.0975. The van der Waals surface area contributed by atoms with E-state index >= 15 is 0 Å². The van der Waals surface area contributed by atoms with E-state index in [-0.39, 0.29) is 6.10 Å². The van der Waals surface area contributed by atoms with Crippen molar-refractivity contribution in [1.29, 1.82) is 0 Å². The molecule has 2 saturated heterocycles. The summed E-state index contributed by atoms with van der Waals surface area (Å²) in [6.07, 6.45) is 2.55. The predicted octanol–water partition coefficient (Wildman–Crippen LogP) is 3.07. The number of nitrogens with zero attached hydrogens (tertiary/aromatic N) is 4. The minimum atomic E-state index is 0.277. The van der Waals surface area contributed by atoms with Gasteiger partial charge in [-0.2, -0.15) is 11.8 Å². The van der Waals surface area contributed by atoms with Crippen LogP contribution in [0.25, 0.3) is 11.4 Å². The fraction of sp³-hybridized carbons (Fsp3) is 0.556. The maximum atomic E-state index is 5.88. The lowest BCUT2D eigenvalue weighted by atomic mass is 10.2. The number of anilines is 1. The number of hydrogen-bond acceptors (Lipinski definition) is 5. The topological polar surface area (TPSA) is 43.2 Å². The van der Waals surface area contributed by atoms with Crippen molar-refractivity contribution < 1.29 is 4.74 Å². The largest absolute Gasteiger partial charge is 0.376 e. The van der Waals surface area contributed by atoms with Gasteiger partial charge in [0.2, 0.25) is 5.95 Å². The number of rotatable bonds is 4. The molecule has 2 unspecified atom stereocenters. The molecular weight excluding hydrogens is 320 g/mol. The molecule has 128 valence electrons. The van der Waals surface area contributed by atoms with Gasteiger partial charge >= 0.3 is 0 Å². The van der Waals surface area contributed by atoms with Gasteiger partial charge in [0.05, 0.1) is 12.6 Å². The molecule has 0 radical (unpaired) electrons. The third-order valence-electron chi connectivity index (χ3n) is 4.70. The summed E-state index contributed by atoms with van der Waals surface area (Å²) in [5.74, 6) is 3.10. The molecule has 4 rings (SSSR count). The van der Waals surface area contributed by atoms with Crippen LogP contribution in [0.3, 0.4) is 0 Å². The standard InChI is InChI=1S/C18H24N4OS/c1-14-12-21(9-11-24-14)18-20-19-17(15-6-3-2-4-7-15)22(18)13-16-8-5-10-23-16/h2-4,6-7,14,16H,5,8-13H2,1H3. The molecule has 2 aliphatic rings. The Morgan fingerprint density at radius 1 is 1.25 bits per heavy atom. The first-order chi connectivity index (χ1) is 11.8. The van der Waals surface area contributed by atoms with Gasteiger partial charge in [0.1, 0.15) is 0 Å². The zero-order valence-corrected chi connectivity index (χ0v) is 14.9. The summed E-state index contributed by atoms with van der Waals surface area (Å²) in [4.78, 5) is 2.38. The number of hydrogen-bond donors (Lipinski definition) is 0. The van der Waals surface area contributed by atoms with Gasteiger partial charge in [-0.15, -0.1) is 10.2 Å². The molecule has 0 N–H and O–H groups in total. The molecule has 24 heavy (non-hydrogen) atoms. The Labute approximate surface area is 147 Å². The average molecular weight is 344 g/mol. The highest BCUT2D eigenvalue weighted by atomic mass is 32.2. The maximum Gasteiger partial charge on any atom is 0.227 e. The molecule has 2 aliphatic heterocycles. The molecule has 1 aromatic heterocycles. The van der Waals surface area contributed by atoms with E-state index in [9.17, 15) is 0 Å². The lowest BCUT2D eigenvalue weighted by Crippen LogP contribution is -2.38. The van der Waals surface area contributed by atoms with Crippen LogP contribution in [0, 0.1) is 0 Å². The molecule has 6 heteroatoms. The van der Waals surface area contributed by atoms with Crippen LogP contribution in [0.2, 0.25) is 0 Å². The van der Waals surface area contributed by atoms with Crippen molar-refractivity contribution >= 4 is 17.7 Å². The fourth-order valence-corrected chi connectivity index (χ4v) is 4.50. The number of benzene rings is 1. The first kappa shape index (κ1) is 16.0. The number of ether oxygens (including phenoxy) is 1. The Bertz CT molecular complexity index is 669. The van der Waals surface area contributed by atoms with E-state index in [1.165, 1.54) is 0 Å². The summed E-state index contributed by atoms with van der Waals surface area (Å²) in [6.45, 7) is 6.07. The second-order valence-corrected chi connectivity index (χ2v) is 8.11. The Kier molecular flexibility index (Phi) is 4.76. The predicted molar refractivity (Wildman–Crippen MR) is 98.6 cm³/mol. The first-order valence-corrected chi connectivity index (χ1v) is 9.83. The summed E-state index contributed by atoms with van der Waals surface area (Å²) >= 11 is 2.03. The molecule has 2 fully saturated rings. The van der Waals surface area contributed by atoms with Gasteiger partial charge < -0.3 is 9.64 Å². The van der Waals surface area contributed by atoms with Crippen LogP contribution >= 0.6 is 11.8 Å². The summed E-state index contributed by atoms with van der Waals surface area (Å²) in [7, 11) is 0. The van der Waals surface area contributed by atoms with Crippen LogP contribution < -0.4 is 4.90 Å². The Morgan fingerprint density at radius 3 is 2.88 bits per heavy atom. The summed E-state index contributed by atoms with van der Waals surface area (Å²) < 4.78 is 8.15. The number of thioether (sulfide) groups is 1. The van der Waals surface area contributed by atoms with E-state index in [1.807, 2.05) is 17.8 Å². The maximum absolute atomic E-state index is 5.88. The van der Waals surface area contributed by atoms with Crippen molar-refractivity contribution in [2.75, 3.05) is 30.3 Å². The van der Waals surface area contributed by atoms with Crippen LogP contribution in [0.4, 0.5) is 5.95 Å². The van der Waals surface area contributed by atoms with Gasteiger partial charge in [0.25, 0.3) is 0 Å². The van der Waals surface area contributed by atoms with E-state index in [4.69, 9.17) is 4.74 Å². The Balaban J connectivity index is 1.68. The van der Waals surface area contributed by atoms with Crippen LogP contribution in [0.15, 0.2) is 30.3 Å². The van der Waals surface area contributed by atoms with Gasteiger partial charge in [-0.05, 0) is 12.8 Å². The molecule has 0 saturated carbocycles. The van der Waals surface area contributed by atoms with Crippen LogP contribution in [0.1, 0.15) is 19.8 Å². The average Bonchev–Trinajstić information content (AvgIpc) is 3.26. The van der Waals surface area contributed by atoms with Crippen molar-refractivity contribution in [3.8, 4) is 11.4 Å². The van der Waals surface area contributed by atoms with Gasteiger partial charge in [0, 0.05) is 36.3 Å². The highest BCUT2D eigenvalue weighted by Gasteiger charge is 2.26. The van der Waals surface area contributed by atoms with Crippen molar-refractivity contribution in [1.82, 2.24) is 14.8 Å². The molecule has 0 aliphatic carbocycles. The van der Waals surface area contributed by atoms with Crippen molar-refractivity contribution in [3.63, 3.8) is 0 Å². The first-order valence-electron chi connectivity index (χ1n) is 8.78. The van der Waals surface area contributed by atoms with Gasteiger partial charge in [-0.3, -0.25) is 4.57 Å². The highest BCUT2D eigenvalue weighted by Crippen LogP contribution is 2.28. The zero-order valence-electron chi connectivity index (χ0n) is 14.1.